The topological polar surface area (TPSA) is 67.7 Å². The number of nitrogens with zero attached hydrogens (tertiary/aromatic N) is 4. The van der Waals surface area contributed by atoms with Gasteiger partial charge in [-0.1, -0.05) is 26.0 Å². The molecule has 3 rings (SSSR count). The lowest BCUT2D eigenvalue weighted by Crippen LogP contribution is -2.51. The normalized spacial score (nSPS) is 14.2. The maximum absolute atomic E-state index is 12.9. The first-order valence-electron chi connectivity index (χ1n) is 11.5. The molecule has 2 amide bonds. The minimum absolute atomic E-state index is 0.116. The summed E-state index contributed by atoms with van der Waals surface area (Å²) in [4.78, 5) is 29.3. The van der Waals surface area contributed by atoms with E-state index >= 15 is 0 Å². The van der Waals surface area contributed by atoms with E-state index in [0.29, 0.717) is 51.4 Å². The van der Waals surface area contributed by atoms with Gasteiger partial charge in [0.1, 0.15) is 5.75 Å². The molecule has 0 saturated carbocycles. The largest absolute Gasteiger partial charge is 0.497 e. The Morgan fingerprint density at radius 3 is 2.16 bits per heavy atom. The quantitative estimate of drug-likeness (QED) is 0.633. The van der Waals surface area contributed by atoms with Crippen LogP contribution in [-0.4, -0.2) is 64.7 Å². The number of amides is 2. The number of carbonyl (C=O) groups excluding carboxylic acids is 2. The molecule has 1 aliphatic heterocycles. The minimum Gasteiger partial charge on any atom is -0.497 e. The van der Waals surface area contributed by atoms with Crippen molar-refractivity contribution < 1.29 is 14.3 Å². The van der Waals surface area contributed by atoms with Gasteiger partial charge >= 0.3 is 0 Å². The van der Waals surface area contributed by atoms with Crippen molar-refractivity contribution >= 4 is 11.8 Å². The molecule has 0 spiro atoms. The zero-order valence-corrected chi connectivity index (χ0v) is 20.1. The number of carbonyl (C=O) groups is 2. The Kier molecular flexibility index (Phi) is 7.94. The van der Waals surface area contributed by atoms with Crippen LogP contribution in [0.15, 0.2) is 24.3 Å². The predicted octanol–water partition coefficient (Wildman–Crippen LogP) is 3.01. The molecule has 0 aliphatic carbocycles. The highest BCUT2D eigenvalue weighted by Crippen LogP contribution is 2.18. The van der Waals surface area contributed by atoms with Gasteiger partial charge in [0.25, 0.3) is 0 Å². The van der Waals surface area contributed by atoms with Crippen LogP contribution in [-0.2, 0) is 29.0 Å². The smallest absolute Gasteiger partial charge is 0.227 e. The third kappa shape index (κ3) is 5.90. The third-order valence-corrected chi connectivity index (χ3v) is 6.17. The van der Waals surface area contributed by atoms with Crippen molar-refractivity contribution in [3.05, 3.63) is 46.8 Å². The summed E-state index contributed by atoms with van der Waals surface area (Å²) in [5, 5.41) is 4.62. The fourth-order valence-electron chi connectivity index (χ4n) is 4.18. The summed E-state index contributed by atoms with van der Waals surface area (Å²) in [6.45, 7) is 11.6. The van der Waals surface area contributed by atoms with E-state index in [1.54, 1.807) is 7.11 Å². The van der Waals surface area contributed by atoms with E-state index in [4.69, 9.17) is 4.74 Å². The molecule has 7 heteroatoms. The van der Waals surface area contributed by atoms with Crippen molar-refractivity contribution in [2.75, 3.05) is 33.3 Å². The summed E-state index contributed by atoms with van der Waals surface area (Å²) in [6.07, 6.45) is 1.57. The van der Waals surface area contributed by atoms with Crippen molar-refractivity contribution in [3.8, 4) is 5.75 Å². The van der Waals surface area contributed by atoms with Gasteiger partial charge in [-0.2, -0.15) is 5.10 Å². The molecule has 174 valence electrons. The van der Waals surface area contributed by atoms with E-state index in [1.165, 1.54) is 0 Å². The summed E-state index contributed by atoms with van der Waals surface area (Å²) in [6, 6.07) is 7.83. The average Bonchev–Trinajstić information content (AvgIpc) is 3.04. The number of hydrogen-bond acceptors (Lipinski definition) is 4. The molecule has 0 atom stereocenters. The van der Waals surface area contributed by atoms with Crippen LogP contribution in [0.4, 0.5) is 0 Å². The molecule has 1 aliphatic rings. The van der Waals surface area contributed by atoms with Crippen LogP contribution in [0.2, 0.25) is 0 Å². The molecular formula is C25H36N4O3. The zero-order chi connectivity index (χ0) is 23.3. The van der Waals surface area contributed by atoms with Gasteiger partial charge in [-0.25, -0.2) is 0 Å². The molecule has 32 heavy (non-hydrogen) atoms. The van der Waals surface area contributed by atoms with Crippen LogP contribution in [0, 0.1) is 19.8 Å². The fraction of sp³-hybridized carbons (Fsp3) is 0.560. The lowest BCUT2D eigenvalue weighted by atomic mass is 10.1. The van der Waals surface area contributed by atoms with Crippen LogP contribution >= 0.6 is 0 Å². The van der Waals surface area contributed by atoms with Gasteiger partial charge in [0.15, 0.2) is 0 Å². The second-order valence-corrected chi connectivity index (χ2v) is 9.01. The fourth-order valence-corrected chi connectivity index (χ4v) is 4.18. The molecular weight excluding hydrogens is 404 g/mol. The minimum atomic E-state index is 0.116. The standard InChI is InChI=1S/C25H36N4O3/c1-18(2)17-29-20(4)23(19(3)26-29)16-25(31)28-14-12-27(13-15-28)24(30)11-8-21-6-9-22(32-5)10-7-21/h6-7,9-10,18H,8,11-17H2,1-5H3. The highest BCUT2D eigenvalue weighted by atomic mass is 16.5. The highest BCUT2D eigenvalue weighted by Gasteiger charge is 2.25. The average molecular weight is 441 g/mol. The van der Waals surface area contributed by atoms with Gasteiger partial charge in [-0.15, -0.1) is 0 Å². The Morgan fingerprint density at radius 1 is 1.00 bits per heavy atom. The number of methoxy groups -OCH3 is 1. The molecule has 2 heterocycles. The van der Waals surface area contributed by atoms with Gasteiger partial charge in [0, 0.05) is 50.4 Å². The van der Waals surface area contributed by atoms with E-state index in [0.717, 1.165) is 34.8 Å². The first-order chi connectivity index (χ1) is 15.3. The third-order valence-electron chi connectivity index (χ3n) is 6.17. The van der Waals surface area contributed by atoms with E-state index in [2.05, 4.69) is 18.9 Å². The predicted molar refractivity (Wildman–Crippen MR) is 125 cm³/mol. The summed E-state index contributed by atoms with van der Waals surface area (Å²) in [5.41, 5.74) is 4.17. The lowest BCUT2D eigenvalue weighted by molar-refractivity contribution is -0.139. The van der Waals surface area contributed by atoms with Crippen LogP contribution in [0.25, 0.3) is 0 Å². The SMILES string of the molecule is COc1ccc(CCC(=O)N2CCN(C(=O)Cc3c(C)nn(CC(C)C)c3C)CC2)cc1. The Bertz CT molecular complexity index is 925. The van der Waals surface area contributed by atoms with Crippen LogP contribution < -0.4 is 4.74 Å². The molecule has 0 unspecified atom stereocenters. The number of ether oxygens (including phenoxy) is 1. The molecule has 1 saturated heterocycles. The summed E-state index contributed by atoms with van der Waals surface area (Å²) >= 11 is 0. The van der Waals surface area contributed by atoms with Gasteiger partial charge in [0.05, 0.1) is 19.2 Å². The summed E-state index contributed by atoms with van der Waals surface area (Å²) in [5.74, 6) is 1.59. The molecule has 0 N–H and O–H groups in total. The number of aromatic nitrogens is 2. The number of aryl methyl sites for hydroxylation is 2. The molecule has 1 fully saturated rings. The molecule has 1 aromatic heterocycles. The number of piperazine rings is 1. The maximum atomic E-state index is 12.9. The molecule has 2 aromatic rings. The van der Waals surface area contributed by atoms with Gasteiger partial charge in [0.2, 0.25) is 11.8 Å². The lowest BCUT2D eigenvalue weighted by Gasteiger charge is -2.35. The molecule has 1 aromatic carbocycles. The first kappa shape index (κ1) is 23.8. The van der Waals surface area contributed by atoms with Crippen LogP contribution in [0.3, 0.4) is 0 Å². The van der Waals surface area contributed by atoms with E-state index in [1.807, 2.05) is 52.6 Å². The Morgan fingerprint density at radius 2 is 1.59 bits per heavy atom. The van der Waals surface area contributed by atoms with Crippen molar-refractivity contribution in [1.29, 1.82) is 0 Å². The second-order valence-electron chi connectivity index (χ2n) is 9.01. The maximum Gasteiger partial charge on any atom is 0.227 e. The number of rotatable bonds is 8. The van der Waals surface area contributed by atoms with Crippen molar-refractivity contribution in [2.24, 2.45) is 5.92 Å². The van der Waals surface area contributed by atoms with Crippen molar-refractivity contribution in [2.45, 2.75) is 53.5 Å². The van der Waals surface area contributed by atoms with E-state index in [9.17, 15) is 9.59 Å². The number of hydrogen-bond donors (Lipinski definition) is 0. The summed E-state index contributed by atoms with van der Waals surface area (Å²) < 4.78 is 7.19. The van der Waals surface area contributed by atoms with Gasteiger partial charge in [-0.05, 0) is 43.9 Å². The van der Waals surface area contributed by atoms with Crippen LogP contribution in [0.1, 0.15) is 42.8 Å². The Hall–Kier alpha value is -2.83. The van der Waals surface area contributed by atoms with E-state index < -0.39 is 0 Å². The highest BCUT2D eigenvalue weighted by molar-refractivity contribution is 5.80. The van der Waals surface area contributed by atoms with Gasteiger partial charge < -0.3 is 14.5 Å². The first-order valence-corrected chi connectivity index (χ1v) is 11.5. The Labute approximate surface area is 191 Å². The molecule has 7 nitrogen and oxygen atoms in total. The van der Waals surface area contributed by atoms with Crippen molar-refractivity contribution in [1.82, 2.24) is 19.6 Å². The van der Waals surface area contributed by atoms with Gasteiger partial charge in [-0.3, -0.25) is 14.3 Å². The summed E-state index contributed by atoms with van der Waals surface area (Å²) in [7, 11) is 1.64. The zero-order valence-electron chi connectivity index (χ0n) is 20.1. The second kappa shape index (κ2) is 10.7. The monoisotopic (exact) mass is 440 g/mol. The Balaban J connectivity index is 1.48. The number of benzene rings is 1. The van der Waals surface area contributed by atoms with Crippen LogP contribution in [0.5, 0.6) is 5.75 Å². The van der Waals surface area contributed by atoms with E-state index in [-0.39, 0.29) is 11.8 Å². The van der Waals surface area contributed by atoms with Crippen molar-refractivity contribution in [3.63, 3.8) is 0 Å². The molecule has 0 radical (unpaired) electrons. The molecule has 0 bridgehead atoms.